The number of carbonyl (C=O) groups is 1. The fourth-order valence-corrected chi connectivity index (χ4v) is 10.3. The molecule has 1 aromatic rings. The van der Waals surface area contributed by atoms with Gasteiger partial charge in [0.1, 0.15) is 5.78 Å². The Labute approximate surface area is 185 Å². The summed E-state index contributed by atoms with van der Waals surface area (Å²) in [7, 11) is 0. The molecule has 0 aromatic carbocycles. The summed E-state index contributed by atoms with van der Waals surface area (Å²) in [6.45, 7) is 5.19. The van der Waals surface area contributed by atoms with Gasteiger partial charge < -0.3 is 0 Å². The largest absolute Gasteiger partial charge is 0.298 e. The molecule has 1 aromatic heterocycles. The Morgan fingerprint density at radius 3 is 2.69 bits per heavy atom. The van der Waals surface area contributed by atoms with Crippen molar-refractivity contribution in [3.63, 3.8) is 0 Å². The van der Waals surface area contributed by atoms with Crippen molar-refractivity contribution in [2.24, 2.45) is 40.4 Å². The topological polar surface area (TPSA) is 17.1 Å². The highest BCUT2D eigenvalue weighted by Crippen LogP contribution is 2.66. The van der Waals surface area contributed by atoms with Crippen LogP contribution in [-0.4, -0.2) is 11.5 Å². The number of thioether (sulfide) groups is 1. The Balaban J connectivity index is 1.34. The molecular formula is C26H38OS2. The number of thiophene rings is 1. The molecule has 7 atom stereocenters. The van der Waals surface area contributed by atoms with Crippen LogP contribution in [0.4, 0.5) is 0 Å². The summed E-state index contributed by atoms with van der Waals surface area (Å²) < 4.78 is 1.29. The van der Waals surface area contributed by atoms with Gasteiger partial charge in [0, 0.05) is 5.92 Å². The Hall–Kier alpha value is -0.280. The van der Waals surface area contributed by atoms with Crippen LogP contribution < -0.4 is 0 Å². The molecule has 0 aliphatic heterocycles. The van der Waals surface area contributed by atoms with E-state index in [-0.39, 0.29) is 5.41 Å². The van der Waals surface area contributed by atoms with E-state index >= 15 is 0 Å². The molecule has 160 valence electrons. The zero-order valence-corrected chi connectivity index (χ0v) is 20.0. The van der Waals surface area contributed by atoms with E-state index < -0.39 is 0 Å². The Bertz CT molecular complexity index is 727. The van der Waals surface area contributed by atoms with E-state index in [1.54, 1.807) is 23.1 Å². The van der Waals surface area contributed by atoms with Crippen LogP contribution in [0.5, 0.6) is 0 Å². The summed E-state index contributed by atoms with van der Waals surface area (Å²) in [5, 5.41) is 2.12. The molecule has 3 heteroatoms. The standard InChI is InChI=1S/C26H38OS2/c1-25-14-4-3-7-18(25)11-12-19-20-8-5-9-22(26(20,2)15-13-21(19)25)23(27)17-29-24-10-6-16-28-24/h6,10,16,18-22H,3-5,7-9,11-15,17H2,1-2H3/t18?,19-,20?,21?,22+,25-,26-/m0/s1. The van der Waals surface area contributed by atoms with E-state index in [1.807, 2.05) is 0 Å². The van der Waals surface area contributed by atoms with E-state index in [2.05, 4.69) is 31.4 Å². The average Bonchev–Trinajstić information content (AvgIpc) is 3.24. The molecule has 4 fully saturated rings. The normalized spacial score (nSPS) is 44.4. The van der Waals surface area contributed by atoms with Gasteiger partial charge >= 0.3 is 0 Å². The molecule has 0 N–H and O–H groups in total. The number of fused-ring (bicyclic) bond motifs is 5. The van der Waals surface area contributed by atoms with Gasteiger partial charge in [-0.3, -0.25) is 4.79 Å². The molecular weight excluding hydrogens is 392 g/mol. The summed E-state index contributed by atoms with van der Waals surface area (Å²) in [5.74, 6) is 5.17. The first-order chi connectivity index (χ1) is 14.0. The van der Waals surface area contributed by atoms with Gasteiger partial charge in [-0.15, -0.1) is 23.1 Å². The van der Waals surface area contributed by atoms with Crippen molar-refractivity contribution >= 4 is 28.9 Å². The van der Waals surface area contributed by atoms with Gasteiger partial charge in [-0.25, -0.2) is 0 Å². The minimum absolute atomic E-state index is 0.268. The molecule has 29 heavy (non-hydrogen) atoms. The predicted octanol–water partition coefficient (Wildman–Crippen LogP) is 7.85. The minimum Gasteiger partial charge on any atom is -0.298 e. The lowest BCUT2D eigenvalue weighted by Gasteiger charge is -2.63. The van der Waals surface area contributed by atoms with Crippen LogP contribution in [0, 0.1) is 40.4 Å². The molecule has 4 aliphatic rings. The van der Waals surface area contributed by atoms with Crippen molar-refractivity contribution in [3.8, 4) is 0 Å². The van der Waals surface area contributed by atoms with Gasteiger partial charge in [0.15, 0.2) is 0 Å². The van der Waals surface area contributed by atoms with Crippen LogP contribution in [-0.2, 0) is 4.79 Å². The van der Waals surface area contributed by atoms with Crippen molar-refractivity contribution in [2.45, 2.75) is 88.7 Å². The highest BCUT2D eigenvalue weighted by atomic mass is 32.2. The fourth-order valence-electron chi connectivity index (χ4n) is 8.61. The number of carbonyl (C=O) groups excluding carboxylic acids is 1. The summed E-state index contributed by atoms with van der Waals surface area (Å²) in [4.78, 5) is 13.4. The van der Waals surface area contributed by atoms with E-state index in [9.17, 15) is 4.79 Å². The van der Waals surface area contributed by atoms with Crippen LogP contribution in [0.1, 0.15) is 84.5 Å². The van der Waals surface area contributed by atoms with Gasteiger partial charge in [-0.2, -0.15) is 0 Å². The van der Waals surface area contributed by atoms with Crippen molar-refractivity contribution in [3.05, 3.63) is 17.5 Å². The smallest absolute Gasteiger partial charge is 0.146 e. The zero-order valence-electron chi connectivity index (χ0n) is 18.3. The molecule has 1 nitrogen and oxygen atoms in total. The van der Waals surface area contributed by atoms with Crippen molar-refractivity contribution < 1.29 is 4.79 Å². The first-order valence-electron chi connectivity index (χ1n) is 12.2. The maximum atomic E-state index is 13.4. The number of Topliss-reactive ketones (excluding diaryl/α,β-unsaturated/α-hetero) is 1. The van der Waals surface area contributed by atoms with Crippen molar-refractivity contribution in [1.29, 1.82) is 0 Å². The molecule has 4 saturated carbocycles. The number of rotatable bonds is 4. The molecule has 0 saturated heterocycles. The van der Waals surface area contributed by atoms with E-state index in [0.717, 1.165) is 30.1 Å². The lowest BCUT2D eigenvalue weighted by atomic mass is 9.41. The predicted molar refractivity (Wildman–Crippen MR) is 125 cm³/mol. The third-order valence-electron chi connectivity index (χ3n) is 10.1. The average molecular weight is 431 g/mol. The molecule has 5 rings (SSSR count). The van der Waals surface area contributed by atoms with Crippen molar-refractivity contribution in [2.75, 3.05) is 5.75 Å². The summed E-state index contributed by atoms with van der Waals surface area (Å²) >= 11 is 3.54. The molecule has 1 heterocycles. The first-order valence-corrected chi connectivity index (χ1v) is 14.1. The summed E-state index contributed by atoms with van der Waals surface area (Å²) in [5.41, 5.74) is 0.874. The van der Waals surface area contributed by atoms with Gasteiger partial charge in [0.05, 0.1) is 9.96 Å². The summed E-state index contributed by atoms with van der Waals surface area (Å²) in [6, 6.07) is 4.25. The molecule has 0 radical (unpaired) electrons. The molecule has 0 bridgehead atoms. The number of hydrogen-bond acceptors (Lipinski definition) is 3. The third-order valence-corrected chi connectivity index (χ3v) is 12.2. The third kappa shape index (κ3) is 3.47. The van der Waals surface area contributed by atoms with Gasteiger partial charge in [-0.05, 0) is 97.3 Å². The fraction of sp³-hybridized carbons (Fsp3) is 0.808. The van der Waals surface area contributed by atoms with Gasteiger partial charge in [0.2, 0.25) is 0 Å². The molecule has 0 amide bonds. The lowest BCUT2D eigenvalue weighted by Crippen LogP contribution is -2.56. The van der Waals surface area contributed by atoms with E-state index in [0.29, 0.717) is 22.9 Å². The second-order valence-electron chi connectivity index (χ2n) is 11.1. The Morgan fingerprint density at radius 1 is 1.00 bits per heavy atom. The SMILES string of the molecule is C[C@]12CCCCC1CC[C@@H]1C2CC[C@@]2(C)C1CCC[C@@H]2C(=O)CSc1cccs1. The second kappa shape index (κ2) is 8.01. The first kappa shape index (κ1) is 20.6. The number of ketones is 1. The monoisotopic (exact) mass is 430 g/mol. The van der Waals surface area contributed by atoms with Crippen LogP contribution in [0.25, 0.3) is 0 Å². The highest BCUT2D eigenvalue weighted by molar-refractivity contribution is 8.01. The Morgan fingerprint density at radius 2 is 1.86 bits per heavy atom. The highest BCUT2D eigenvalue weighted by Gasteiger charge is 2.59. The van der Waals surface area contributed by atoms with Crippen LogP contribution in [0.3, 0.4) is 0 Å². The maximum Gasteiger partial charge on any atom is 0.146 e. The van der Waals surface area contributed by atoms with E-state index in [4.69, 9.17) is 0 Å². The molecule has 4 aliphatic carbocycles. The lowest BCUT2D eigenvalue weighted by molar-refractivity contribution is -0.153. The minimum atomic E-state index is 0.268. The Kier molecular flexibility index (Phi) is 5.69. The van der Waals surface area contributed by atoms with Crippen LogP contribution in [0.2, 0.25) is 0 Å². The number of hydrogen-bond donors (Lipinski definition) is 0. The zero-order chi connectivity index (χ0) is 20.1. The summed E-state index contributed by atoms with van der Waals surface area (Å²) in [6.07, 6.45) is 15.3. The van der Waals surface area contributed by atoms with Gasteiger partial charge in [0.25, 0.3) is 0 Å². The molecule has 0 spiro atoms. The van der Waals surface area contributed by atoms with Crippen LogP contribution in [0.15, 0.2) is 21.7 Å². The second-order valence-corrected chi connectivity index (χ2v) is 13.3. The quantitative estimate of drug-likeness (QED) is 0.452. The van der Waals surface area contributed by atoms with Crippen LogP contribution >= 0.6 is 23.1 Å². The molecule has 3 unspecified atom stereocenters. The maximum absolute atomic E-state index is 13.4. The van der Waals surface area contributed by atoms with Gasteiger partial charge in [-0.1, -0.05) is 39.2 Å². The van der Waals surface area contributed by atoms with E-state index in [1.165, 1.54) is 68.4 Å². The van der Waals surface area contributed by atoms with Crippen molar-refractivity contribution in [1.82, 2.24) is 0 Å².